The van der Waals surface area contributed by atoms with Gasteiger partial charge in [-0.25, -0.2) is 18.7 Å². The zero-order valence-electron chi connectivity index (χ0n) is 10.5. The fraction of sp³-hybridized carbons (Fsp3) is 0.286. The largest absolute Gasteiger partial charge is 0.373 e. The van der Waals surface area contributed by atoms with Gasteiger partial charge >= 0.3 is 0 Å². The van der Waals surface area contributed by atoms with Gasteiger partial charge in [-0.1, -0.05) is 0 Å². The lowest BCUT2D eigenvalue weighted by molar-refractivity contribution is 0.584. The third-order valence-corrected chi connectivity index (χ3v) is 3.29. The second-order valence-electron chi connectivity index (χ2n) is 4.58. The van der Waals surface area contributed by atoms with Gasteiger partial charge in [0.05, 0.1) is 0 Å². The lowest BCUT2D eigenvalue weighted by Crippen LogP contribution is -2.03. The van der Waals surface area contributed by atoms with Gasteiger partial charge in [0.25, 0.3) is 0 Å². The van der Waals surface area contributed by atoms with E-state index >= 15 is 0 Å². The van der Waals surface area contributed by atoms with E-state index in [1.165, 1.54) is 12.1 Å². The summed E-state index contributed by atoms with van der Waals surface area (Å²) >= 11 is 0. The molecule has 5 heteroatoms. The minimum Gasteiger partial charge on any atom is -0.373 e. The maximum atomic E-state index is 13.3. The van der Waals surface area contributed by atoms with Crippen LogP contribution in [0.1, 0.15) is 17.7 Å². The molecule has 1 aromatic carbocycles. The molecule has 0 atom stereocenters. The summed E-state index contributed by atoms with van der Waals surface area (Å²) in [5, 5.41) is 3.03. The molecule has 0 radical (unpaired) electrons. The van der Waals surface area contributed by atoms with Crippen molar-refractivity contribution in [3.63, 3.8) is 0 Å². The molecule has 2 aromatic rings. The quantitative estimate of drug-likeness (QED) is 0.903. The van der Waals surface area contributed by atoms with Crippen molar-refractivity contribution < 1.29 is 8.78 Å². The number of hydrogen-bond donors (Lipinski definition) is 1. The second-order valence-corrected chi connectivity index (χ2v) is 4.58. The number of nitrogens with one attached hydrogen (secondary N) is 1. The molecule has 3 nitrogen and oxygen atoms in total. The third-order valence-electron chi connectivity index (χ3n) is 3.29. The number of anilines is 1. The van der Waals surface area contributed by atoms with E-state index in [0.29, 0.717) is 11.4 Å². The average Bonchev–Trinajstić information content (AvgIpc) is 2.84. The maximum Gasteiger partial charge on any atom is 0.161 e. The Morgan fingerprint density at radius 3 is 2.47 bits per heavy atom. The predicted molar refractivity (Wildman–Crippen MR) is 69.0 cm³/mol. The Morgan fingerprint density at radius 2 is 1.79 bits per heavy atom. The van der Waals surface area contributed by atoms with Gasteiger partial charge < -0.3 is 5.32 Å². The summed E-state index contributed by atoms with van der Waals surface area (Å²) in [5.74, 6) is -0.124. The second kappa shape index (κ2) is 4.57. The van der Waals surface area contributed by atoms with Crippen molar-refractivity contribution in [3.8, 4) is 11.4 Å². The molecule has 0 saturated carbocycles. The summed E-state index contributed by atoms with van der Waals surface area (Å²) in [7, 11) is 1.79. The van der Waals surface area contributed by atoms with Crippen LogP contribution in [0, 0.1) is 11.6 Å². The summed E-state index contributed by atoms with van der Waals surface area (Å²) in [5.41, 5.74) is 2.45. The first-order valence-corrected chi connectivity index (χ1v) is 6.21. The monoisotopic (exact) mass is 261 g/mol. The molecule has 1 aliphatic rings. The van der Waals surface area contributed by atoms with Crippen molar-refractivity contribution in [2.24, 2.45) is 0 Å². The summed E-state index contributed by atoms with van der Waals surface area (Å²) < 4.78 is 26.5. The zero-order chi connectivity index (χ0) is 13.4. The van der Waals surface area contributed by atoms with Crippen molar-refractivity contribution in [2.45, 2.75) is 19.3 Å². The molecule has 1 aromatic heterocycles. The van der Waals surface area contributed by atoms with Crippen LogP contribution < -0.4 is 5.32 Å². The van der Waals surface area contributed by atoms with Gasteiger partial charge in [-0.2, -0.15) is 0 Å². The van der Waals surface area contributed by atoms with Gasteiger partial charge in [-0.15, -0.1) is 0 Å². The van der Waals surface area contributed by atoms with Crippen LogP contribution in [-0.2, 0) is 12.8 Å². The average molecular weight is 261 g/mol. The Labute approximate surface area is 109 Å². The normalized spacial score (nSPS) is 13.4. The van der Waals surface area contributed by atoms with Crippen molar-refractivity contribution in [1.82, 2.24) is 9.97 Å². The standard InChI is InChI=1S/C14H13F2N3/c1-17-14-11-3-2-4-12(11)18-13(19-14)8-5-9(15)7-10(16)6-8/h5-7H,2-4H2,1H3,(H,17,18,19). The van der Waals surface area contributed by atoms with Gasteiger partial charge in [0.2, 0.25) is 0 Å². The van der Waals surface area contributed by atoms with E-state index in [-0.39, 0.29) is 0 Å². The fourth-order valence-corrected chi connectivity index (χ4v) is 2.45. The van der Waals surface area contributed by atoms with E-state index in [9.17, 15) is 8.78 Å². The predicted octanol–water partition coefficient (Wildman–Crippen LogP) is 2.95. The molecule has 0 fully saturated rings. The first-order valence-electron chi connectivity index (χ1n) is 6.21. The number of hydrogen-bond acceptors (Lipinski definition) is 3. The highest BCUT2D eigenvalue weighted by Crippen LogP contribution is 2.29. The van der Waals surface area contributed by atoms with Crippen LogP contribution in [0.15, 0.2) is 18.2 Å². The van der Waals surface area contributed by atoms with Crippen molar-refractivity contribution in [3.05, 3.63) is 41.1 Å². The minimum absolute atomic E-state index is 0.364. The fourth-order valence-electron chi connectivity index (χ4n) is 2.45. The number of aryl methyl sites for hydroxylation is 1. The smallest absolute Gasteiger partial charge is 0.161 e. The zero-order valence-corrected chi connectivity index (χ0v) is 10.5. The van der Waals surface area contributed by atoms with E-state index < -0.39 is 11.6 Å². The molecule has 0 bridgehead atoms. The van der Waals surface area contributed by atoms with Gasteiger partial charge in [0, 0.05) is 29.9 Å². The molecule has 0 amide bonds. The summed E-state index contributed by atoms with van der Waals surface area (Å²) in [4.78, 5) is 8.79. The molecule has 0 spiro atoms. The topological polar surface area (TPSA) is 37.8 Å². The highest BCUT2D eigenvalue weighted by atomic mass is 19.1. The molecule has 98 valence electrons. The van der Waals surface area contributed by atoms with Crippen LogP contribution in [0.5, 0.6) is 0 Å². The number of aromatic nitrogens is 2. The molecule has 19 heavy (non-hydrogen) atoms. The van der Waals surface area contributed by atoms with Gasteiger partial charge in [-0.3, -0.25) is 0 Å². The lowest BCUT2D eigenvalue weighted by Gasteiger charge is -2.09. The number of benzene rings is 1. The molecule has 0 saturated heterocycles. The Bertz CT molecular complexity index is 621. The number of rotatable bonds is 2. The SMILES string of the molecule is CNc1nc(-c2cc(F)cc(F)c2)nc2c1CCC2. The highest BCUT2D eigenvalue weighted by Gasteiger charge is 2.19. The highest BCUT2D eigenvalue weighted by molar-refractivity contribution is 5.60. The number of halogens is 2. The van der Waals surface area contributed by atoms with Crippen LogP contribution in [-0.4, -0.2) is 17.0 Å². The minimum atomic E-state index is -0.620. The first kappa shape index (κ1) is 12.0. The molecule has 1 aliphatic carbocycles. The maximum absolute atomic E-state index is 13.3. The van der Waals surface area contributed by atoms with E-state index in [1.54, 1.807) is 7.05 Å². The van der Waals surface area contributed by atoms with E-state index in [4.69, 9.17) is 0 Å². The first-order chi connectivity index (χ1) is 9.17. The van der Waals surface area contributed by atoms with E-state index in [1.807, 2.05) is 0 Å². The van der Waals surface area contributed by atoms with Gasteiger partial charge in [-0.05, 0) is 31.4 Å². The van der Waals surface area contributed by atoms with E-state index in [0.717, 1.165) is 42.4 Å². The number of fused-ring (bicyclic) bond motifs is 1. The molecule has 0 unspecified atom stereocenters. The summed E-state index contributed by atoms with van der Waals surface area (Å²) in [6.07, 6.45) is 2.88. The summed E-state index contributed by atoms with van der Waals surface area (Å²) in [6, 6.07) is 3.34. The van der Waals surface area contributed by atoms with Gasteiger partial charge in [0.15, 0.2) is 5.82 Å². The lowest BCUT2D eigenvalue weighted by atomic mass is 10.1. The Kier molecular flexibility index (Phi) is 2.89. The molecule has 3 rings (SSSR count). The number of nitrogens with zero attached hydrogens (tertiary/aromatic N) is 2. The van der Waals surface area contributed by atoms with Crippen LogP contribution in [0.2, 0.25) is 0 Å². The summed E-state index contributed by atoms with van der Waals surface area (Å²) in [6.45, 7) is 0. The third kappa shape index (κ3) is 2.16. The molecular formula is C14H13F2N3. The van der Waals surface area contributed by atoms with Gasteiger partial charge in [0.1, 0.15) is 17.5 Å². The Balaban J connectivity index is 2.15. The Morgan fingerprint density at radius 1 is 1.05 bits per heavy atom. The van der Waals surface area contributed by atoms with Crippen LogP contribution >= 0.6 is 0 Å². The molecular weight excluding hydrogens is 248 g/mol. The molecule has 0 aliphatic heterocycles. The molecule has 1 heterocycles. The van der Waals surface area contributed by atoms with Crippen LogP contribution in [0.25, 0.3) is 11.4 Å². The Hall–Kier alpha value is -2.04. The van der Waals surface area contributed by atoms with Crippen LogP contribution in [0.4, 0.5) is 14.6 Å². The molecule has 1 N–H and O–H groups in total. The van der Waals surface area contributed by atoms with Crippen molar-refractivity contribution in [1.29, 1.82) is 0 Å². The van der Waals surface area contributed by atoms with Crippen LogP contribution in [0.3, 0.4) is 0 Å². The van der Waals surface area contributed by atoms with E-state index in [2.05, 4.69) is 15.3 Å². The van der Waals surface area contributed by atoms with Crippen molar-refractivity contribution >= 4 is 5.82 Å². The van der Waals surface area contributed by atoms with Crippen molar-refractivity contribution in [2.75, 3.05) is 12.4 Å².